The summed E-state index contributed by atoms with van der Waals surface area (Å²) in [6.07, 6.45) is -4.78. The third-order valence-corrected chi connectivity index (χ3v) is 4.46. The lowest BCUT2D eigenvalue weighted by atomic mass is 10.2. The first-order chi connectivity index (χ1) is 14.3. The highest BCUT2D eigenvalue weighted by atomic mass is 19.4. The Balaban J connectivity index is 1.40. The molecule has 30 heavy (non-hydrogen) atoms. The van der Waals surface area contributed by atoms with Gasteiger partial charge >= 0.3 is 12.4 Å². The van der Waals surface area contributed by atoms with Gasteiger partial charge in [-0.3, -0.25) is 4.79 Å². The first kappa shape index (κ1) is 21.3. The summed E-state index contributed by atoms with van der Waals surface area (Å²) in [5.74, 6) is -0.876. The molecule has 1 aliphatic heterocycles. The number of hydrogen-bond acceptors (Lipinski definition) is 4. The number of urea groups is 1. The van der Waals surface area contributed by atoms with E-state index in [1.165, 1.54) is 12.1 Å². The first-order valence-corrected chi connectivity index (χ1v) is 9.28. The molecule has 1 fully saturated rings. The number of alkyl halides is 3. The highest BCUT2D eigenvalue weighted by Crippen LogP contribution is 2.23. The molecule has 0 unspecified atom stereocenters. The van der Waals surface area contributed by atoms with Gasteiger partial charge in [0.15, 0.2) is 0 Å². The summed E-state index contributed by atoms with van der Waals surface area (Å²) in [7, 11) is 0. The Bertz CT molecular complexity index is 852. The topological polar surface area (TPSA) is 73.9 Å². The Kier molecular flexibility index (Phi) is 6.65. The molecule has 2 aromatic rings. The molecule has 7 nitrogen and oxygen atoms in total. The molecule has 0 radical (unpaired) electrons. The third kappa shape index (κ3) is 6.29. The third-order valence-electron chi connectivity index (χ3n) is 4.46. The number of carbonyl (C=O) groups is 2. The average Bonchev–Trinajstić information content (AvgIpc) is 2.73. The van der Waals surface area contributed by atoms with E-state index in [9.17, 15) is 22.8 Å². The quantitative estimate of drug-likeness (QED) is 0.777. The average molecular weight is 422 g/mol. The van der Waals surface area contributed by atoms with E-state index >= 15 is 0 Å². The van der Waals surface area contributed by atoms with Gasteiger partial charge in [-0.25, -0.2) is 4.79 Å². The zero-order chi connectivity index (χ0) is 21.6. The molecule has 2 N–H and O–H groups in total. The molecular weight excluding hydrogens is 401 g/mol. The van der Waals surface area contributed by atoms with Crippen LogP contribution in [0.4, 0.5) is 29.3 Å². The fourth-order valence-electron chi connectivity index (χ4n) is 3.02. The summed E-state index contributed by atoms with van der Waals surface area (Å²) in [4.78, 5) is 28.1. The standard InChI is InChI=1S/C20H21F3N4O3/c21-20(22,23)30-17-8-6-15(7-9-17)25-18(28)14-24-19(29)27-12-10-26(11-13-27)16-4-2-1-3-5-16/h1-9H,10-14H2,(H,24,29)(H,25,28). The van der Waals surface area contributed by atoms with Crippen LogP contribution in [0.25, 0.3) is 0 Å². The fraction of sp³-hybridized carbons (Fsp3) is 0.300. The normalized spacial score (nSPS) is 14.2. The number of carbonyl (C=O) groups excluding carboxylic acids is 2. The molecule has 0 spiro atoms. The Hall–Kier alpha value is -3.43. The predicted octanol–water partition coefficient (Wildman–Crippen LogP) is 3.06. The van der Waals surface area contributed by atoms with Gasteiger partial charge in [0.2, 0.25) is 5.91 Å². The summed E-state index contributed by atoms with van der Waals surface area (Å²) in [6, 6.07) is 14.3. The van der Waals surface area contributed by atoms with E-state index in [-0.39, 0.29) is 18.3 Å². The molecule has 2 aromatic carbocycles. The van der Waals surface area contributed by atoms with Gasteiger partial charge in [-0.2, -0.15) is 0 Å². The van der Waals surface area contributed by atoms with E-state index < -0.39 is 12.3 Å². The number of halogens is 3. The smallest absolute Gasteiger partial charge is 0.406 e. The monoisotopic (exact) mass is 422 g/mol. The van der Waals surface area contributed by atoms with E-state index in [4.69, 9.17) is 0 Å². The van der Waals surface area contributed by atoms with E-state index in [0.29, 0.717) is 31.9 Å². The van der Waals surface area contributed by atoms with Gasteiger partial charge < -0.3 is 25.2 Å². The van der Waals surface area contributed by atoms with Gasteiger partial charge in [-0.15, -0.1) is 13.2 Å². The van der Waals surface area contributed by atoms with Crippen molar-refractivity contribution in [1.82, 2.24) is 10.2 Å². The maximum atomic E-state index is 12.3. The molecule has 1 heterocycles. The molecule has 0 saturated carbocycles. The van der Waals surface area contributed by atoms with E-state index in [1.807, 2.05) is 30.3 Å². The van der Waals surface area contributed by atoms with Gasteiger partial charge in [0.1, 0.15) is 5.75 Å². The Morgan fingerprint density at radius 2 is 1.57 bits per heavy atom. The minimum atomic E-state index is -4.78. The highest BCUT2D eigenvalue weighted by Gasteiger charge is 2.31. The number of ether oxygens (including phenoxy) is 1. The summed E-state index contributed by atoms with van der Waals surface area (Å²) < 4.78 is 40.2. The van der Waals surface area contributed by atoms with Crippen LogP contribution in [-0.2, 0) is 4.79 Å². The zero-order valence-electron chi connectivity index (χ0n) is 16.0. The number of para-hydroxylation sites is 1. The van der Waals surface area contributed by atoms with Crippen LogP contribution in [-0.4, -0.2) is 55.9 Å². The molecule has 0 aliphatic carbocycles. The van der Waals surface area contributed by atoms with Crippen molar-refractivity contribution in [1.29, 1.82) is 0 Å². The zero-order valence-corrected chi connectivity index (χ0v) is 16.0. The van der Waals surface area contributed by atoms with Crippen LogP contribution < -0.4 is 20.3 Å². The van der Waals surface area contributed by atoms with Gasteiger partial charge in [-0.05, 0) is 36.4 Å². The van der Waals surface area contributed by atoms with Crippen molar-refractivity contribution in [2.75, 3.05) is 42.9 Å². The van der Waals surface area contributed by atoms with Crippen LogP contribution in [0.1, 0.15) is 0 Å². The highest BCUT2D eigenvalue weighted by molar-refractivity contribution is 5.94. The molecule has 160 valence electrons. The second kappa shape index (κ2) is 9.38. The van der Waals surface area contributed by atoms with E-state index in [2.05, 4.69) is 20.3 Å². The molecule has 10 heteroatoms. The maximum absolute atomic E-state index is 12.3. The molecule has 1 saturated heterocycles. The van der Waals surface area contributed by atoms with Crippen molar-refractivity contribution in [3.05, 3.63) is 54.6 Å². The van der Waals surface area contributed by atoms with Crippen LogP contribution in [0.15, 0.2) is 54.6 Å². The molecule has 3 amide bonds. The number of hydrogen-bond donors (Lipinski definition) is 2. The Morgan fingerprint density at radius 3 is 2.17 bits per heavy atom. The van der Waals surface area contributed by atoms with Crippen LogP contribution >= 0.6 is 0 Å². The molecular formula is C20H21F3N4O3. The number of rotatable bonds is 5. The van der Waals surface area contributed by atoms with Gasteiger partial charge in [0, 0.05) is 37.6 Å². The van der Waals surface area contributed by atoms with Gasteiger partial charge in [0.05, 0.1) is 6.54 Å². The van der Waals surface area contributed by atoms with Crippen molar-refractivity contribution in [3.8, 4) is 5.75 Å². The SMILES string of the molecule is O=C(CNC(=O)N1CCN(c2ccccc2)CC1)Nc1ccc(OC(F)(F)F)cc1. The van der Waals surface area contributed by atoms with Gasteiger partial charge in [-0.1, -0.05) is 18.2 Å². The van der Waals surface area contributed by atoms with Crippen molar-refractivity contribution in [2.45, 2.75) is 6.36 Å². The van der Waals surface area contributed by atoms with E-state index in [0.717, 1.165) is 17.8 Å². The number of amides is 3. The number of anilines is 2. The van der Waals surface area contributed by atoms with Gasteiger partial charge in [0.25, 0.3) is 0 Å². The Labute approximate surface area is 171 Å². The van der Waals surface area contributed by atoms with Crippen LogP contribution in [0, 0.1) is 0 Å². The number of benzene rings is 2. The lowest BCUT2D eigenvalue weighted by molar-refractivity contribution is -0.274. The summed E-state index contributed by atoms with van der Waals surface area (Å²) in [5.41, 5.74) is 1.39. The second-order valence-corrected chi connectivity index (χ2v) is 6.59. The molecule has 0 atom stereocenters. The molecule has 3 rings (SSSR count). The van der Waals surface area contributed by atoms with Crippen LogP contribution in [0.5, 0.6) is 5.75 Å². The predicted molar refractivity (Wildman–Crippen MR) is 105 cm³/mol. The number of nitrogens with one attached hydrogen (secondary N) is 2. The molecule has 0 aromatic heterocycles. The lowest BCUT2D eigenvalue weighted by Gasteiger charge is -2.36. The second-order valence-electron chi connectivity index (χ2n) is 6.59. The minimum absolute atomic E-state index is 0.251. The number of piperazine rings is 1. The largest absolute Gasteiger partial charge is 0.573 e. The fourth-order valence-corrected chi connectivity index (χ4v) is 3.02. The van der Waals surface area contributed by atoms with Crippen LogP contribution in [0.3, 0.4) is 0 Å². The van der Waals surface area contributed by atoms with Crippen molar-refractivity contribution >= 4 is 23.3 Å². The first-order valence-electron chi connectivity index (χ1n) is 9.28. The molecule has 1 aliphatic rings. The van der Waals surface area contributed by atoms with Crippen molar-refractivity contribution in [3.63, 3.8) is 0 Å². The summed E-state index contributed by atoms with van der Waals surface area (Å²) in [6.45, 7) is 2.19. The lowest BCUT2D eigenvalue weighted by Crippen LogP contribution is -2.52. The van der Waals surface area contributed by atoms with Crippen molar-refractivity contribution < 1.29 is 27.5 Å². The van der Waals surface area contributed by atoms with Crippen LogP contribution in [0.2, 0.25) is 0 Å². The summed E-state index contributed by atoms with van der Waals surface area (Å²) >= 11 is 0. The summed E-state index contributed by atoms with van der Waals surface area (Å²) in [5, 5.41) is 5.05. The maximum Gasteiger partial charge on any atom is 0.573 e. The minimum Gasteiger partial charge on any atom is -0.406 e. The number of nitrogens with zero attached hydrogens (tertiary/aromatic N) is 2. The van der Waals surface area contributed by atoms with E-state index in [1.54, 1.807) is 4.90 Å². The molecule has 0 bridgehead atoms. The van der Waals surface area contributed by atoms with Crippen molar-refractivity contribution in [2.24, 2.45) is 0 Å². The Morgan fingerprint density at radius 1 is 0.933 bits per heavy atom.